The van der Waals surface area contributed by atoms with Crippen LogP contribution >= 0.6 is 12.2 Å². The van der Waals surface area contributed by atoms with Gasteiger partial charge >= 0.3 is 0 Å². The minimum absolute atomic E-state index is 0.0636. The molecule has 1 heterocycles. The maximum absolute atomic E-state index is 5.29. The second-order valence-electron chi connectivity index (χ2n) is 4.51. The van der Waals surface area contributed by atoms with Crippen molar-refractivity contribution in [3.8, 4) is 11.8 Å². The van der Waals surface area contributed by atoms with Crippen molar-refractivity contribution in [2.75, 3.05) is 19.5 Å². The zero-order valence-corrected chi connectivity index (χ0v) is 13.5. The van der Waals surface area contributed by atoms with Gasteiger partial charge in [0.25, 0.3) is 0 Å². The molecular weight excluding hydrogens is 300 g/mol. The summed E-state index contributed by atoms with van der Waals surface area (Å²) in [4.78, 5) is 8.34. The Morgan fingerprint density at radius 1 is 1.09 bits per heavy atom. The lowest BCUT2D eigenvalue weighted by molar-refractivity contribution is 0.373. The van der Waals surface area contributed by atoms with E-state index in [2.05, 4.69) is 20.6 Å². The molecular formula is C15H18N4O2S. The third kappa shape index (κ3) is 4.29. The molecule has 7 heteroatoms. The summed E-state index contributed by atoms with van der Waals surface area (Å²) in [5.74, 6) is 1.11. The van der Waals surface area contributed by atoms with Crippen LogP contribution in [0.2, 0.25) is 0 Å². The van der Waals surface area contributed by atoms with Gasteiger partial charge in [-0.3, -0.25) is 0 Å². The van der Waals surface area contributed by atoms with E-state index in [0.29, 0.717) is 22.8 Å². The first-order chi connectivity index (χ1) is 10.6. The monoisotopic (exact) mass is 318 g/mol. The predicted octanol–water partition coefficient (Wildman–Crippen LogP) is 2.54. The molecule has 2 N–H and O–H groups in total. The van der Waals surface area contributed by atoms with Crippen LogP contribution in [0.15, 0.2) is 36.4 Å². The van der Waals surface area contributed by atoms with Gasteiger partial charge in [0.15, 0.2) is 5.11 Å². The van der Waals surface area contributed by atoms with Gasteiger partial charge in [-0.15, -0.1) is 0 Å². The average molecular weight is 318 g/mol. The predicted molar refractivity (Wildman–Crippen MR) is 89.3 cm³/mol. The molecule has 0 saturated heterocycles. The van der Waals surface area contributed by atoms with Crippen LogP contribution in [0.1, 0.15) is 18.5 Å². The second kappa shape index (κ2) is 7.56. The Hall–Kier alpha value is -2.41. The number of rotatable bonds is 5. The van der Waals surface area contributed by atoms with Crippen LogP contribution in [0.5, 0.6) is 11.8 Å². The first-order valence-corrected chi connectivity index (χ1v) is 7.12. The van der Waals surface area contributed by atoms with E-state index in [-0.39, 0.29) is 6.04 Å². The van der Waals surface area contributed by atoms with Crippen molar-refractivity contribution in [2.24, 2.45) is 0 Å². The largest absolute Gasteiger partial charge is 0.481 e. The Morgan fingerprint density at radius 2 is 1.68 bits per heavy atom. The average Bonchev–Trinajstić information content (AvgIpc) is 2.55. The Labute approximate surface area is 134 Å². The van der Waals surface area contributed by atoms with Crippen molar-refractivity contribution in [3.63, 3.8) is 0 Å². The van der Waals surface area contributed by atoms with Crippen LogP contribution in [0.4, 0.5) is 5.95 Å². The molecule has 1 aromatic carbocycles. The summed E-state index contributed by atoms with van der Waals surface area (Å²) in [6, 6.07) is 11.7. The number of anilines is 1. The van der Waals surface area contributed by atoms with Crippen LogP contribution < -0.4 is 20.1 Å². The fourth-order valence-electron chi connectivity index (χ4n) is 1.83. The maximum atomic E-state index is 5.29. The number of hydrogen-bond donors (Lipinski definition) is 2. The fourth-order valence-corrected chi connectivity index (χ4v) is 2.10. The summed E-state index contributed by atoms with van der Waals surface area (Å²) in [6.07, 6.45) is 0. The van der Waals surface area contributed by atoms with Crippen LogP contribution in [-0.4, -0.2) is 29.3 Å². The van der Waals surface area contributed by atoms with Crippen molar-refractivity contribution >= 4 is 23.3 Å². The van der Waals surface area contributed by atoms with Gasteiger partial charge in [-0.25, -0.2) is 0 Å². The van der Waals surface area contributed by atoms with Crippen LogP contribution in [0.3, 0.4) is 0 Å². The van der Waals surface area contributed by atoms with E-state index in [0.717, 1.165) is 5.56 Å². The first kappa shape index (κ1) is 16.0. The number of benzene rings is 1. The molecule has 0 bridgehead atoms. The van der Waals surface area contributed by atoms with Gasteiger partial charge in [0.05, 0.1) is 26.3 Å². The zero-order valence-electron chi connectivity index (χ0n) is 12.7. The zero-order chi connectivity index (χ0) is 15.9. The highest BCUT2D eigenvalue weighted by atomic mass is 32.1. The Balaban J connectivity index is 2.03. The molecule has 0 spiro atoms. The molecule has 1 atom stereocenters. The lowest BCUT2D eigenvalue weighted by atomic mass is 10.1. The van der Waals surface area contributed by atoms with Crippen LogP contribution in [-0.2, 0) is 0 Å². The number of hydrogen-bond acceptors (Lipinski definition) is 5. The Morgan fingerprint density at radius 3 is 2.23 bits per heavy atom. The number of nitrogens with zero attached hydrogens (tertiary/aromatic N) is 2. The van der Waals surface area contributed by atoms with Gasteiger partial charge < -0.3 is 20.1 Å². The van der Waals surface area contributed by atoms with Gasteiger partial charge in [0.2, 0.25) is 17.7 Å². The van der Waals surface area contributed by atoms with E-state index < -0.39 is 0 Å². The van der Waals surface area contributed by atoms with E-state index in [1.807, 2.05) is 37.3 Å². The highest BCUT2D eigenvalue weighted by molar-refractivity contribution is 7.80. The van der Waals surface area contributed by atoms with E-state index in [1.165, 1.54) is 14.2 Å². The number of methoxy groups -OCH3 is 2. The number of thiocarbonyl (C=S) groups is 1. The normalized spacial score (nSPS) is 11.4. The molecule has 6 nitrogen and oxygen atoms in total. The number of ether oxygens (including phenoxy) is 2. The molecule has 0 aliphatic rings. The molecule has 22 heavy (non-hydrogen) atoms. The fraction of sp³-hybridized carbons (Fsp3) is 0.267. The summed E-state index contributed by atoms with van der Waals surface area (Å²) in [5.41, 5.74) is 1.13. The minimum atomic E-state index is 0.0636. The molecule has 0 aliphatic carbocycles. The van der Waals surface area contributed by atoms with Gasteiger partial charge in [-0.2, -0.15) is 9.97 Å². The third-order valence-electron chi connectivity index (χ3n) is 2.97. The lowest BCUT2D eigenvalue weighted by Crippen LogP contribution is -2.31. The molecule has 0 saturated carbocycles. The number of aromatic nitrogens is 2. The minimum Gasteiger partial charge on any atom is -0.481 e. The Bertz CT molecular complexity index is 614. The molecule has 0 radical (unpaired) electrons. The van der Waals surface area contributed by atoms with Crippen LogP contribution in [0, 0.1) is 0 Å². The van der Waals surface area contributed by atoms with E-state index in [9.17, 15) is 0 Å². The molecule has 2 aromatic rings. The molecule has 116 valence electrons. The summed E-state index contributed by atoms with van der Waals surface area (Å²) >= 11 is 5.29. The van der Waals surface area contributed by atoms with Gasteiger partial charge in [-0.1, -0.05) is 30.3 Å². The van der Waals surface area contributed by atoms with E-state index in [1.54, 1.807) is 6.07 Å². The molecule has 0 unspecified atom stereocenters. The molecule has 0 fully saturated rings. The SMILES string of the molecule is COc1cc(OC)nc(NC(=S)N[C@H](C)c2ccccc2)n1. The quantitative estimate of drug-likeness (QED) is 0.821. The maximum Gasteiger partial charge on any atom is 0.235 e. The van der Waals surface area contributed by atoms with Gasteiger partial charge in [0.1, 0.15) is 0 Å². The third-order valence-corrected chi connectivity index (χ3v) is 3.19. The summed E-state index contributed by atoms with van der Waals surface area (Å²) < 4.78 is 10.2. The van der Waals surface area contributed by atoms with Crippen molar-refractivity contribution in [1.29, 1.82) is 0 Å². The smallest absolute Gasteiger partial charge is 0.235 e. The molecule has 1 aromatic heterocycles. The first-order valence-electron chi connectivity index (χ1n) is 6.72. The van der Waals surface area contributed by atoms with Crippen LogP contribution in [0.25, 0.3) is 0 Å². The van der Waals surface area contributed by atoms with E-state index >= 15 is 0 Å². The molecule has 0 aliphatic heterocycles. The second-order valence-corrected chi connectivity index (χ2v) is 4.92. The molecule has 0 amide bonds. The van der Waals surface area contributed by atoms with Crippen molar-refractivity contribution in [3.05, 3.63) is 42.0 Å². The topological polar surface area (TPSA) is 68.3 Å². The standard InChI is InChI=1S/C15H18N4O2S/c1-10(11-7-5-4-6-8-11)16-15(22)19-14-17-12(20-2)9-13(18-14)21-3/h4-10H,1-3H3,(H2,16,17,18,19,22)/t10-/m1/s1. The number of nitrogens with one attached hydrogen (secondary N) is 2. The lowest BCUT2D eigenvalue weighted by Gasteiger charge is -2.17. The summed E-state index contributed by atoms with van der Waals surface area (Å²) in [7, 11) is 3.05. The Kier molecular flexibility index (Phi) is 5.48. The van der Waals surface area contributed by atoms with Crippen molar-refractivity contribution in [2.45, 2.75) is 13.0 Å². The highest BCUT2D eigenvalue weighted by Gasteiger charge is 2.10. The van der Waals surface area contributed by atoms with Gasteiger partial charge in [-0.05, 0) is 24.7 Å². The van der Waals surface area contributed by atoms with E-state index in [4.69, 9.17) is 21.7 Å². The summed E-state index contributed by atoms with van der Waals surface area (Å²) in [6.45, 7) is 2.02. The van der Waals surface area contributed by atoms with Crippen molar-refractivity contribution < 1.29 is 9.47 Å². The van der Waals surface area contributed by atoms with Gasteiger partial charge in [0, 0.05) is 0 Å². The van der Waals surface area contributed by atoms with Crippen molar-refractivity contribution in [1.82, 2.24) is 15.3 Å². The summed E-state index contributed by atoms with van der Waals surface area (Å²) in [5, 5.41) is 6.53. The highest BCUT2D eigenvalue weighted by Crippen LogP contribution is 2.17. The molecule has 2 rings (SSSR count).